The fraction of sp³-hybridized carbons (Fsp3) is 0.143. The van der Waals surface area contributed by atoms with Crippen LogP contribution in [0.5, 0.6) is 5.88 Å². The number of H-pyrrole nitrogens is 1. The molecule has 0 amide bonds. The fourth-order valence-electron chi connectivity index (χ4n) is 1.99. The van der Waals surface area contributed by atoms with Crippen molar-refractivity contribution in [1.82, 2.24) is 4.98 Å². The molecule has 3 rings (SSSR count). The van der Waals surface area contributed by atoms with Crippen LogP contribution in [0.2, 0.25) is 0 Å². The highest BCUT2D eigenvalue weighted by molar-refractivity contribution is 7.73. The highest BCUT2D eigenvalue weighted by Crippen LogP contribution is 2.29. The second kappa shape index (κ2) is 5.82. The van der Waals surface area contributed by atoms with Crippen LogP contribution in [-0.2, 0) is 16.1 Å². The molecule has 0 fully saturated rings. The predicted octanol–water partition coefficient (Wildman–Crippen LogP) is 3.68. The number of rotatable bonds is 3. The minimum Gasteiger partial charge on any atom is -0.494 e. The van der Waals surface area contributed by atoms with E-state index in [1.165, 1.54) is 16.3 Å². The third-order valence-corrected chi connectivity index (χ3v) is 4.33. The molecule has 22 heavy (non-hydrogen) atoms. The number of hydrogen-bond acceptors (Lipinski definition) is 6. The van der Waals surface area contributed by atoms with Gasteiger partial charge < -0.3 is 10.1 Å². The van der Waals surface area contributed by atoms with E-state index in [4.69, 9.17) is 17.1 Å². The average molecular weight is 334 g/mol. The molecule has 0 saturated carbocycles. The van der Waals surface area contributed by atoms with E-state index in [0.29, 0.717) is 14.5 Å². The van der Waals surface area contributed by atoms with Crippen LogP contribution in [0.3, 0.4) is 0 Å². The lowest BCUT2D eigenvalue weighted by atomic mass is 10.1. The topological polar surface area (TPSA) is 77.7 Å². The molecule has 0 bridgehead atoms. The summed E-state index contributed by atoms with van der Waals surface area (Å²) in [5.41, 5.74) is 2.10. The summed E-state index contributed by atoms with van der Waals surface area (Å²) in [6.07, 6.45) is 2.43. The zero-order chi connectivity index (χ0) is 15.7. The Kier molecular flexibility index (Phi) is 3.86. The molecule has 0 aliphatic carbocycles. The van der Waals surface area contributed by atoms with Gasteiger partial charge >= 0.3 is 11.7 Å². The maximum absolute atomic E-state index is 11.9. The predicted molar refractivity (Wildman–Crippen MR) is 83.4 cm³/mol. The highest BCUT2D eigenvalue weighted by Gasteiger charge is 2.37. The smallest absolute Gasteiger partial charge is 0.437 e. The van der Waals surface area contributed by atoms with Gasteiger partial charge in [-0.15, -0.1) is 11.3 Å². The number of aromatic nitrogens is 1. The Bertz CT molecular complexity index is 847. The first-order valence-electron chi connectivity index (χ1n) is 6.53. The van der Waals surface area contributed by atoms with Crippen LogP contribution in [0.4, 0.5) is 5.69 Å². The number of aryl methyl sites for hydroxylation is 1. The molecule has 0 radical (unpaired) electrons. The van der Waals surface area contributed by atoms with E-state index in [1.54, 1.807) is 0 Å². The van der Waals surface area contributed by atoms with Crippen LogP contribution in [0.25, 0.3) is 6.08 Å². The lowest BCUT2D eigenvalue weighted by Crippen LogP contribution is -2.05. The van der Waals surface area contributed by atoms with Crippen LogP contribution >= 0.6 is 23.6 Å². The van der Waals surface area contributed by atoms with Crippen LogP contribution in [0, 0.1) is 3.95 Å². The summed E-state index contributed by atoms with van der Waals surface area (Å²) in [7, 11) is 0. The summed E-state index contributed by atoms with van der Waals surface area (Å²) in [6.45, 7) is 2.07. The van der Waals surface area contributed by atoms with E-state index >= 15 is 0 Å². The second-order valence-electron chi connectivity index (χ2n) is 4.55. The number of nitrogens with zero attached hydrogens (tertiary/aromatic N) is 2. The molecular weight excluding hydrogens is 322 g/mol. The molecule has 6 nitrogen and oxygen atoms in total. The molecule has 0 atom stereocenters. The molecule has 2 heterocycles. The standard InChI is InChI=1S/C14H11N3O3S2/c1-2-8-3-5-9(6-4-8)17-10(13(19)20-16-17)7-11-12(18)15-14(21)22-11/h3-7H,2H2,1H3,(H-,15,16,18,19,21)/p+1. The van der Waals surface area contributed by atoms with Crippen LogP contribution in [0.1, 0.15) is 17.4 Å². The van der Waals surface area contributed by atoms with Gasteiger partial charge in [-0.05, 0) is 28.9 Å². The van der Waals surface area contributed by atoms with E-state index in [1.807, 2.05) is 24.3 Å². The van der Waals surface area contributed by atoms with Crippen LogP contribution < -0.4 is 0 Å². The molecule has 112 valence electrons. The van der Waals surface area contributed by atoms with E-state index in [0.717, 1.165) is 17.8 Å². The maximum Gasteiger partial charge on any atom is 0.437 e. The molecule has 8 heteroatoms. The molecule has 2 N–H and O–H groups in total. The second-order valence-corrected chi connectivity index (χ2v) is 6.27. The van der Waals surface area contributed by atoms with Gasteiger partial charge in [0.2, 0.25) is 16.8 Å². The van der Waals surface area contributed by atoms with Crippen molar-refractivity contribution in [2.45, 2.75) is 13.3 Å². The minimum atomic E-state index is -0.585. The maximum atomic E-state index is 11.9. The molecule has 1 aliphatic heterocycles. The Hall–Kier alpha value is -2.32. The molecule has 1 aliphatic rings. The van der Waals surface area contributed by atoms with Crippen molar-refractivity contribution in [3.63, 3.8) is 0 Å². The largest absolute Gasteiger partial charge is 0.494 e. The summed E-state index contributed by atoms with van der Waals surface area (Å²) >= 11 is 6.13. The fourth-order valence-corrected chi connectivity index (χ4v) is 3.02. The van der Waals surface area contributed by atoms with Gasteiger partial charge in [0.1, 0.15) is 0 Å². The van der Waals surface area contributed by atoms with Crippen molar-refractivity contribution in [2.24, 2.45) is 5.28 Å². The Balaban J connectivity index is 2.01. The normalized spacial score (nSPS) is 16.0. The Labute approximate surface area is 135 Å². The van der Waals surface area contributed by atoms with E-state index in [9.17, 15) is 9.90 Å². The van der Waals surface area contributed by atoms with E-state index < -0.39 is 5.97 Å². The van der Waals surface area contributed by atoms with Crippen LogP contribution in [0.15, 0.2) is 35.2 Å². The third kappa shape index (κ3) is 2.70. The summed E-state index contributed by atoms with van der Waals surface area (Å²) < 4.78 is 1.82. The zero-order valence-corrected chi connectivity index (χ0v) is 13.2. The average Bonchev–Trinajstić information content (AvgIpc) is 3.03. The quantitative estimate of drug-likeness (QED) is 0.510. The number of carbonyl (C=O) groups is 1. The summed E-state index contributed by atoms with van der Waals surface area (Å²) in [4.78, 5) is 19.7. The SMILES string of the molecule is CCc1ccc([N+]2=NOC(=O)/C2=C\c2sc(=S)[nH]c2O)cc1. The van der Waals surface area contributed by atoms with Crippen molar-refractivity contribution in [3.05, 3.63) is 44.4 Å². The van der Waals surface area contributed by atoms with Gasteiger partial charge in [-0.25, -0.2) is 4.79 Å². The van der Waals surface area contributed by atoms with E-state index in [-0.39, 0.29) is 11.6 Å². The Morgan fingerprint density at radius 1 is 1.45 bits per heavy atom. The molecular formula is C14H12N3O3S2+. The lowest BCUT2D eigenvalue weighted by molar-refractivity contribution is -0.462. The van der Waals surface area contributed by atoms with Gasteiger partial charge in [0.15, 0.2) is 3.95 Å². The highest BCUT2D eigenvalue weighted by atomic mass is 32.1. The van der Waals surface area contributed by atoms with Crippen molar-refractivity contribution in [1.29, 1.82) is 0 Å². The number of benzene rings is 1. The summed E-state index contributed by atoms with van der Waals surface area (Å²) in [6, 6.07) is 7.64. The van der Waals surface area contributed by atoms with Crippen molar-refractivity contribution in [2.75, 3.05) is 0 Å². The number of hydrogen-bond donors (Lipinski definition) is 2. The number of aromatic amines is 1. The molecule has 2 aromatic rings. The molecule has 0 spiro atoms. The minimum absolute atomic E-state index is 0.0801. The molecule has 0 unspecified atom stereocenters. The summed E-state index contributed by atoms with van der Waals surface area (Å²) in [5, 5.41) is 13.5. The number of nitrogens with one attached hydrogen (secondary N) is 1. The van der Waals surface area contributed by atoms with Crippen molar-refractivity contribution < 1.29 is 19.4 Å². The number of aromatic hydroxyl groups is 1. The van der Waals surface area contributed by atoms with Gasteiger partial charge in [0.05, 0.1) is 4.88 Å². The first kappa shape index (κ1) is 14.6. The first-order chi connectivity index (χ1) is 10.6. The third-order valence-electron chi connectivity index (χ3n) is 3.16. The van der Waals surface area contributed by atoms with Gasteiger partial charge in [0, 0.05) is 18.2 Å². The monoisotopic (exact) mass is 334 g/mol. The first-order valence-corrected chi connectivity index (χ1v) is 7.76. The molecule has 1 aromatic carbocycles. The van der Waals surface area contributed by atoms with Crippen LogP contribution in [-0.4, -0.2) is 20.8 Å². The summed E-state index contributed by atoms with van der Waals surface area (Å²) in [5.74, 6) is -0.665. The van der Waals surface area contributed by atoms with Gasteiger partial charge in [0.25, 0.3) is 0 Å². The Morgan fingerprint density at radius 2 is 2.18 bits per heavy atom. The van der Waals surface area contributed by atoms with Gasteiger partial charge in [-0.2, -0.15) is 0 Å². The number of carbonyl (C=O) groups excluding carboxylic acids is 1. The van der Waals surface area contributed by atoms with Gasteiger partial charge in [-0.3, -0.25) is 4.84 Å². The van der Waals surface area contributed by atoms with Gasteiger partial charge in [-0.1, -0.05) is 19.1 Å². The number of thiazole rings is 1. The lowest BCUT2D eigenvalue weighted by Gasteiger charge is -1.96. The van der Waals surface area contributed by atoms with Crippen molar-refractivity contribution in [3.8, 4) is 5.88 Å². The zero-order valence-electron chi connectivity index (χ0n) is 11.6. The Morgan fingerprint density at radius 3 is 2.77 bits per heavy atom. The molecule has 0 saturated heterocycles. The molecule has 1 aromatic heterocycles. The van der Waals surface area contributed by atoms with E-state index in [2.05, 4.69) is 17.2 Å². The van der Waals surface area contributed by atoms with Crippen molar-refractivity contribution >= 4 is 41.3 Å².